The first-order chi connectivity index (χ1) is 11.0. The number of thioether (sulfide) groups is 2. The monoisotopic (exact) mass is 355 g/mol. The van der Waals surface area contributed by atoms with Gasteiger partial charge in [0.05, 0.1) is 4.92 Å². The van der Waals surface area contributed by atoms with Gasteiger partial charge in [-0.3, -0.25) is 14.9 Å². The Labute approximate surface area is 144 Å². The molecule has 1 amide bonds. The van der Waals surface area contributed by atoms with Crippen molar-refractivity contribution < 1.29 is 9.72 Å². The first-order valence-corrected chi connectivity index (χ1v) is 9.70. The zero-order valence-electron chi connectivity index (χ0n) is 13.2. The van der Waals surface area contributed by atoms with Gasteiger partial charge in [0.15, 0.2) is 0 Å². The fourth-order valence-electron chi connectivity index (χ4n) is 2.20. The standard InChI is InChI=1S/C15H21N3O3S2/c1-10(2)17-15(19)11-3-4-13(14(7-11)18(20)21)16-8-12-9-22-5-6-23-12/h3-4,7,10,12,16H,5-6,8-9H2,1-2H3,(H,17,19). The summed E-state index contributed by atoms with van der Waals surface area (Å²) in [6.45, 7) is 4.39. The first kappa shape index (κ1) is 17.9. The Balaban J connectivity index is 2.09. The number of hydrogen-bond acceptors (Lipinski definition) is 6. The Bertz CT molecular complexity index is 575. The molecular weight excluding hydrogens is 334 g/mol. The zero-order valence-corrected chi connectivity index (χ0v) is 14.8. The van der Waals surface area contributed by atoms with Crippen LogP contribution < -0.4 is 10.6 Å². The maximum absolute atomic E-state index is 12.0. The number of carbonyl (C=O) groups excluding carboxylic acids is 1. The van der Waals surface area contributed by atoms with Gasteiger partial charge >= 0.3 is 0 Å². The van der Waals surface area contributed by atoms with Crippen molar-refractivity contribution in [2.45, 2.75) is 25.1 Å². The van der Waals surface area contributed by atoms with E-state index in [-0.39, 0.29) is 17.6 Å². The largest absolute Gasteiger partial charge is 0.378 e. The van der Waals surface area contributed by atoms with Gasteiger partial charge in [0.1, 0.15) is 5.69 Å². The minimum Gasteiger partial charge on any atom is -0.378 e. The fourth-order valence-corrected chi connectivity index (χ4v) is 4.81. The average Bonchev–Trinajstić information content (AvgIpc) is 2.53. The Kier molecular flexibility index (Phi) is 6.59. The highest BCUT2D eigenvalue weighted by molar-refractivity contribution is 8.06. The van der Waals surface area contributed by atoms with Gasteiger partial charge in [-0.25, -0.2) is 0 Å². The molecule has 1 heterocycles. The third kappa shape index (κ3) is 5.31. The molecule has 0 aromatic heterocycles. The Hall–Kier alpha value is -1.41. The molecule has 1 aromatic rings. The number of carbonyl (C=O) groups is 1. The van der Waals surface area contributed by atoms with E-state index in [1.54, 1.807) is 12.1 Å². The van der Waals surface area contributed by atoms with Crippen LogP contribution in [0.15, 0.2) is 18.2 Å². The lowest BCUT2D eigenvalue weighted by molar-refractivity contribution is -0.384. The van der Waals surface area contributed by atoms with E-state index < -0.39 is 4.92 Å². The molecule has 0 radical (unpaired) electrons. The number of nitro groups is 1. The molecule has 2 N–H and O–H groups in total. The van der Waals surface area contributed by atoms with Gasteiger partial charge in [-0.2, -0.15) is 23.5 Å². The van der Waals surface area contributed by atoms with E-state index in [4.69, 9.17) is 0 Å². The molecule has 1 aromatic carbocycles. The van der Waals surface area contributed by atoms with Crippen molar-refractivity contribution >= 4 is 40.8 Å². The van der Waals surface area contributed by atoms with Gasteiger partial charge in [-0.1, -0.05) is 0 Å². The molecule has 2 rings (SSSR count). The summed E-state index contributed by atoms with van der Waals surface area (Å²) in [7, 11) is 0. The quantitative estimate of drug-likeness (QED) is 0.603. The van der Waals surface area contributed by atoms with Crippen molar-refractivity contribution in [3.05, 3.63) is 33.9 Å². The van der Waals surface area contributed by atoms with E-state index in [2.05, 4.69) is 10.6 Å². The minimum absolute atomic E-state index is 0.0137. The second kappa shape index (κ2) is 8.44. The van der Waals surface area contributed by atoms with E-state index in [1.165, 1.54) is 11.8 Å². The lowest BCUT2D eigenvalue weighted by Gasteiger charge is -2.21. The smallest absolute Gasteiger partial charge is 0.293 e. The molecule has 1 fully saturated rings. The summed E-state index contributed by atoms with van der Waals surface area (Å²) in [5, 5.41) is 17.7. The summed E-state index contributed by atoms with van der Waals surface area (Å²) in [5.41, 5.74) is 0.709. The molecule has 0 saturated carbocycles. The Morgan fingerprint density at radius 2 is 2.22 bits per heavy atom. The Morgan fingerprint density at radius 1 is 1.43 bits per heavy atom. The van der Waals surface area contributed by atoms with E-state index in [9.17, 15) is 14.9 Å². The summed E-state index contributed by atoms with van der Waals surface area (Å²) in [4.78, 5) is 22.8. The molecule has 23 heavy (non-hydrogen) atoms. The van der Waals surface area contributed by atoms with Gasteiger partial charge in [0, 0.05) is 46.7 Å². The summed E-state index contributed by atoms with van der Waals surface area (Å²) in [6, 6.07) is 4.56. The van der Waals surface area contributed by atoms with Crippen molar-refractivity contribution in [3.63, 3.8) is 0 Å². The van der Waals surface area contributed by atoms with Crippen LogP contribution in [-0.2, 0) is 0 Å². The SMILES string of the molecule is CC(C)NC(=O)c1ccc(NCC2CSCCS2)c([N+](=O)[O-])c1. The highest BCUT2D eigenvalue weighted by Gasteiger charge is 2.20. The predicted molar refractivity (Wildman–Crippen MR) is 97.8 cm³/mol. The zero-order chi connectivity index (χ0) is 16.8. The summed E-state index contributed by atoms with van der Waals surface area (Å²) >= 11 is 3.81. The number of anilines is 1. The minimum atomic E-state index is -0.447. The molecule has 1 saturated heterocycles. The van der Waals surface area contributed by atoms with Gasteiger partial charge in [-0.15, -0.1) is 0 Å². The number of nitro benzene ring substituents is 1. The average molecular weight is 355 g/mol. The third-order valence-corrected chi connectivity index (χ3v) is 6.13. The van der Waals surface area contributed by atoms with Crippen LogP contribution >= 0.6 is 23.5 Å². The van der Waals surface area contributed by atoms with Crippen LogP contribution in [0.5, 0.6) is 0 Å². The van der Waals surface area contributed by atoms with Crippen LogP contribution in [-0.4, -0.2) is 45.9 Å². The highest BCUT2D eigenvalue weighted by atomic mass is 32.2. The second-order valence-electron chi connectivity index (χ2n) is 5.57. The van der Waals surface area contributed by atoms with E-state index >= 15 is 0 Å². The number of hydrogen-bond donors (Lipinski definition) is 2. The van der Waals surface area contributed by atoms with Crippen LogP contribution in [0.25, 0.3) is 0 Å². The van der Waals surface area contributed by atoms with Crippen LogP contribution in [0, 0.1) is 10.1 Å². The molecule has 1 unspecified atom stereocenters. The molecular formula is C15H21N3O3S2. The molecule has 6 nitrogen and oxygen atoms in total. The maximum atomic E-state index is 12.0. The van der Waals surface area contributed by atoms with Crippen molar-refractivity contribution in [1.29, 1.82) is 0 Å². The van der Waals surface area contributed by atoms with Crippen LogP contribution in [0.2, 0.25) is 0 Å². The van der Waals surface area contributed by atoms with Gasteiger partial charge in [0.25, 0.3) is 11.6 Å². The molecule has 126 valence electrons. The summed E-state index contributed by atoms with van der Waals surface area (Å²) in [6.07, 6.45) is 0. The number of rotatable bonds is 6. The molecule has 1 aliphatic rings. The van der Waals surface area contributed by atoms with Crippen LogP contribution in [0.1, 0.15) is 24.2 Å². The normalized spacial score (nSPS) is 17.8. The first-order valence-electron chi connectivity index (χ1n) is 7.50. The van der Waals surface area contributed by atoms with Gasteiger partial charge in [0.2, 0.25) is 0 Å². The van der Waals surface area contributed by atoms with Crippen molar-refractivity contribution in [3.8, 4) is 0 Å². The summed E-state index contributed by atoms with van der Waals surface area (Å²) in [5.74, 6) is 3.04. The molecule has 1 atom stereocenters. The maximum Gasteiger partial charge on any atom is 0.293 e. The van der Waals surface area contributed by atoms with Crippen LogP contribution in [0.3, 0.4) is 0 Å². The lowest BCUT2D eigenvalue weighted by atomic mass is 10.1. The molecule has 0 bridgehead atoms. The van der Waals surface area contributed by atoms with Gasteiger partial charge in [-0.05, 0) is 26.0 Å². The highest BCUT2D eigenvalue weighted by Crippen LogP contribution is 2.28. The molecule has 1 aliphatic heterocycles. The third-order valence-electron chi connectivity index (χ3n) is 3.28. The second-order valence-corrected chi connectivity index (χ2v) is 8.12. The van der Waals surface area contributed by atoms with Crippen molar-refractivity contribution in [2.75, 3.05) is 29.1 Å². The fraction of sp³-hybridized carbons (Fsp3) is 0.533. The van der Waals surface area contributed by atoms with Crippen molar-refractivity contribution in [1.82, 2.24) is 5.32 Å². The number of amides is 1. The molecule has 8 heteroatoms. The molecule has 0 aliphatic carbocycles. The molecule has 0 spiro atoms. The van der Waals surface area contributed by atoms with E-state index in [0.717, 1.165) is 11.5 Å². The van der Waals surface area contributed by atoms with E-state index in [0.29, 0.717) is 23.0 Å². The number of benzene rings is 1. The van der Waals surface area contributed by atoms with Crippen LogP contribution in [0.4, 0.5) is 11.4 Å². The Morgan fingerprint density at radius 3 is 2.83 bits per heavy atom. The van der Waals surface area contributed by atoms with E-state index in [1.807, 2.05) is 37.4 Å². The number of nitrogens with one attached hydrogen (secondary N) is 2. The predicted octanol–water partition coefficient (Wildman–Crippen LogP) is 2.99. The summed E-state index contributed by atoms with van der Waals surface area (Å²) < 4.78 is 0. The topological polar surface area (TPSA) is 84.3 Å². The number of nitrogens with zero attached hydrogens (tertiary/aromatic N) is 1. The lowest BCUT2D eigenvalue weighted by Crippen LogP contribution is -2.30. The van der Waals surface area contributed by atoms with Gasteiger partial charge < -0.3 is 10.6 Å². The van der Waals surface area contributed by atoms with Crippen molar-refractivity contribution in [2.24, 2.45) is 0 Å².